The van der Waals surface area contributed by atoms with Crippen molar-refractivity contribution in [2.45, 2.75) is 39.2 Å². The number of terminal acetylenes is 1. The number of ether oxygens (including phenoxy) is 1. The monoisotopic (exact) mass is 328 g/mol. The maximum Gasteiger partial charge on any atom is 0.410 e. The van der Waals surface area contributed by atoms with Crippen LogP contribution in [0.2, 0.25) is 0 Å². The zero-order valence-corrected chi connectivity index (χ0v) is 14.5. The Bertz CT molecular complexity index is 668. The van der Waals surface area contributed by atoms with E-state index in [4.69, 9.17) is 11.2 Å². The van der Waals surface area contributed by atoms with Crippen molar-refractivity contribution in [1.29, 1.82) is 0 Å². The highest BCUT2D eigenvalue weighted by molar-refractivity contribution is 5.94. The van der Waals surface area contributed by atoms with E-state index in [-0.39, 0.29) is 18.5 Å². The van der Waals surface area contributed by atoms with Crippen LogP contribution in [0.4, 0.5) is 4.79 Å². The molecule has 0 atom stereocenters. The fourth-order valence-corrected chi connectivity index (χ4v) is 2.61. The molecule has 24 heavy (non-hydrogen) atoms. The predicted octanol–water partition coefficient (Wildman–Crippen LogP) is 2.39. The number of fused-ring (bicyclic) bond motifs is 1. The molecule has 0 radical (unpaired) electrons. The zero-order chi connectivity index (χ0) is 17.7. The van der Waals surface area contributed by atoms with Gasteiger partial charge in [0.15, 0.2) is 0 Å². The number of hydrogen-bond donors (Lipinski definition) is 1. The molecule has 1 aromatic rings. The summed E-state index contributed by atoms with van der Waals surface area (Å²) in [4.78, 5) is 26.0. The first-order valence-electron chi connectivity index (χ1n) is 8.11. The summed E-state index contributed by atoms with van der Waals surface area (Å²) in [6.45, 7) is 6.99. The first-order chi connectivity index (χ1) is 11.3. The lowest BCUT2D eigenvalue weighted by molar-refractivity contribution is 0.0258. The molecule has 1 heterocycles. The smallest absolute Gasteiger partial charge is 0.410 e. The Labute approximate surface area is 143 Å². The molecular formula is C19H24N2O3. The van der Waals surface area contributed by atoms with Crippen molar-refractivity contribution in [3.05, 3.63) is 34.9 Å². The molecular weight excluding hydrogens is 304 g/mol. The van der Waals surface area contributed by atoms with E-state index in [1.807, 2.05) is 32.9 Å². The minimum absolute atomic E-state index is 0.177. The van der Waals surface area contributed by atoms with Crippen molar-refractivity contribution < 1.29 is 14.3 Å². The molecule has 1 N–H and O–H groups in total. The van der Waals surface area contributed by atoms with Crippen molar-refractivity contribution in [2.75, 3.05) is 19.6 Å². The molecule has 5 heteroatoms. The summed E-state index contributed by atoms with van der Waals surface area (Å²) in [5.74, 6) is 2.21. The van der Waals surface area contributed by atoms with Gasteiger partial charge in [-0.3, -0.25) is 4.79 Å². The molecule has 2 rings (SSSR count). The molecule has 2 amide bonds. The van der Waals surface area contributed by atoms with Gasteiger partial charge in [0.2, 0.25) is 0 Å². The average molecular weight is 328 g/mol. The van der Waals surface area contributed by atoms with Crippen molar-refractivity contribution >= 4 is 12.0 Å². The van der Waals surface area contributed by atoms with Crippen LogP contribution in [0.25, 0.3) is 0 Å². The number of amides is 2. The maximum absolute atomic E-state index is 12.2. The number of nitrogens with one attached hydrogen (secondary N) is 1. The largest absolute Gasteiger partial charge is 0.444 e. The number of benzene rings is 1. The number of carbonyl (C=O) groups is 2. The Morgan fingerprint density at radius 3 is 2.54 bits per heavy atom. The molecule has 0 spiro atoms. The topological polar surface area (TPSA) is 58.6 Å². The summed E-state index contributed by atoms with van der Waals surface area (Å²) in [5, 5.41) is 2.66. The maximum atomic E-state index is 12.2. The normalized spacial score (nSPS) is 14.2. The lowest BCUT2D eigenvalue weighted by atomic mass is 10.00. The van der Waals surface area contributed by atoms with Gasteiger partial charge in [-0.2, -0.15) is 0 Å². The first kappa shape index (κ1) is 17.9. The van der Waals surface area contributed by atoms with E-state index in [2.05, 4.69) is 11.2 Å². The van der Waals surface area contributed by atoms with Gasteiger partial charge in [-0.25, -0.2) is 4.79 Å². The molecule has 5 nitrogen and oxygen atoms in total. The van der Waals surface area contributed by atoms with Gasteiger partial charge in [0, 0.05) is 18.7 Å². The number of nitrogens with zero attached hydrogens (tertiary/aromatic N) is 1. The number of hydrogen-bond acceptors (Lipinski definition) is 3. The first-order valence-corrected chi connectivity index (χ1v) is 8.11. The van der Waals surface area contributed by atoms with Gasteiger partial charge in [-0.05, 0) is 56.9 Å². The van der Waals surface area contributed by atoms with Crippen LogP contribution in [0, 0.1) is 12.3 Å². The molecule has 1 aliphatic rings. The molecule has 0 fully saturated rings. The Morgan fingerprint density at radius 1 is 1.25 bits per heavy atom. The molecule has 0 aromatic heterocycles. The Balaban J connectivity index is 2.07. The minimum atomic E-state index is -0.501. The van der Waals surface area contributed by atoms with Crippen LogP contribution in [0.15, 0.2) is 18.2 Å². The zero-order valence-electron chi connectivity index (χ0n) is 14.5. The van der Waals surface area contributed by atoms with E-state index in [1.165, 1.54) is 0 Å². The minimum Gasteiger partial charge on any atom is -0.444 e. The lowest BCUT2D eigenvalue weighted by Crippen LogP contribution is -2.38. The highest BCUT2D eigenvalue weighted by atomic mass is 16.6. The quantitative estimate of drug-likeness (QED) is 0.848. The molecule has 1 aromatic carbocycles. The third kappa shape index (κ3) is 4.76. The van der Waals surface area contributed by atoms with Gasteiger partial charge < -0.3 is 15.0 Å². The van der Waals surface area contributed by atoms with Crippen LogP contribution < -0.4 is 5.32 Å². The molecule has 128 valence electrons. The summed E-state index contributed by atoms with van der Waals surface area (Å²) in [6.07, 6.45) is 6.32. The molecule has 1 aliphatic heterocycles. The van der Waals surface area contributed by atoms with Gasteiger partial charge in [-0.1, -0.05) is 12.0 Å². The lowest BCUT2D eigenvalue weighted by Gasteiger charge is -2.26. The number of rotatable bonds is 2. The number of carbonyl (C=O) groups excluding carboxylic acids is 2. The van der Waals surface area contributed by atoms with E-state index in [9.17, 15) is 9.59 Å². The fraction of sp³-hybridized carbons (Fsp3) is 0.474. The fourth-order valence-electron chi connectivity index (χ4n) is 2.61. The Morgan fingerprint density at radius 2 is 1.92 bits per heavy atom. The summed E-state index contributed by atoms with van der Waals surface area (Å²) in [5.41, 5.74) is 2.34. The second-order valence-electron chi connectivity index (χ2n) is 6.84. The van der Waals surface area contributed by atoms with Crippen molar-refractivity contribution in [3.63, 3.8) is 0 Å². The van der Waals surface area contributed by atoms with Crippen LogP contribution in [0.5, 0.6) is 0 Å². The highest BCUT2D eigenvalue weighted by Gasteiger charge is 2.24. The van der Waals surface area contributed by atoms with Gasteiger partial charge in [0.05, 0.1) is 6.54 Å². The molecule has 0 bridgehead atoms. The Kier molecular flexibility index (Phi) is 5.50. The van der Waals surface area contributed by atoms with E-state index >= 15 is 0 Å². The van der Waals surface area contributed by atoms with E-state index in [1.54, 1.807) is 11.0 Å². The van der Waals surface area contributed by atoms with Crippen molar-refractivity contribution in [2.24, 2.45) is 0 Å². The molecule has 0 aliphatic carbocycles. The molecule has 0 saturated carbocycles. The second-order valence-corrected chi connectivity index (χ2v) is 6.84. The van der Waals surface area contributed by atoms with Gasteiger partial charge in [0.1, 0.15) is 5.60 Å². The van der Waals surface area contributed by atoms with Crippen LogP contribution >= 0.6 is 0 Å². The van der Waals surface area contributed by atoms with E-state index in [0.717, 1.165) is 17.5 Å². The summed E-state index contributed by atoms with van der Waals surface area (Å²) in [6, 6.07) is 5.65. The highest BCUT2D eigenvalue weighted by Crippen LogP contribution is 2.19. The predicted molar refractivity (Wildman–Crippen MR) is 92.8 cm³/mol. The van der Waals surface area contributed by atoms with Crippen LogP contribution in [0.1, 0.15) is 42.3 Å². The van der Waals surface area contributed by atoms with Crippen LogP contribution in [-0.4, -0.2) is 42.1 Å². The summed E-state index contributed by atoms with van der Waals surface area (Å²) < 4.78 is 5.44. The van der Waals surface area contributed by atoms with Gasteiger partial charge in [0.25, 0.3) is 5.91 Å². The van der Waals surface area contributed by atoms with Crippen molar-refractivity contribution in [1.82, 2.24) is 10.2 Å². The van der Waals surface area contributed by atoms with E-state index in [0.29, 0.717) is 25.1 Å². The standard InChI is InChI=1S/C19H24N2O3/c1-5-10-20-17(22)16-7-6-14-8-11-21(12-9-15(14)13-16)18(23)24-19(2,3)4/h1,6-7,13H,8-12H2,2-4H3,(H,20,22). The average Bonchev–Trinajstić information content (AvgIpc) is 2.72. The molecule has 0 saturated heterocycles. The Hall–Kier alpha value is -2.48. The van der Waals surface area contributed by atoms with Crippen molar-refractivity contribution in [3.8, 4) is 12.3 Å². The molecule has 0 unspecified atom stereocenters. The van der Waals surface area contributed by atoms with E-state index < -0.39 is 5.60 Å². The SMILES string of the molecule is C#CCNC(=O)c1ccc2c(c1)CCN(C(=O)OC(C)(C)C)CC2. The third-order valence-corrected chi connectivity index (χ3v) is 3.77. The summed E-state index contributed by atoms with van der Waals surface area (Å²) >= 11 is 0. The van der Waals surface area contributed by atoms with Crippen LogP contribution in [0.3, 0.4) is 0 Å². The van der Waals surface area contributed by atoms with Gasteiger partial charge >= 0.3 is 6.09 Å². The third-order valence-electron chi connectivity index (χ3n) is 3.77. The van der Waals surface area contributed by atoms with Gasteiger partial charge in [-0.15, -0.1) is 6.42 Å². The second kappa shape index (κ2) is 7.39. The summed E-state index contributed by atoms with van der Waals surface area (Å²) in [7, 11) is 0. The van der Waals surface area contributed by atoms with Crippen LogP contribution in [-0.2, 0) is 17.6 Å².